The van der Waals surface area contributed by atoms with Gasteiger partial charge in [-0.1, -0.05) is 49.4 Å². The zero-order chi connectivity index (χ0) is 27.1. The molecule has 1 N–H and O–H groups in total. The predicted molar refractivity (Wildman–Crippen MR) is 139 cm³/mol. The lowest BCUT2D eigenvalue weighted by atomic mass is 10.2. The molecule has 12 heteroatoms. The van der Waals surface area contributed by atoms with Crippen molar-refractivity contribution in [2.45, 2.75) is 25.1 Å². The average molecular weight is 543 g/mol. The molecule has 1 aliphatic heterocycles. The van der Waals surface area contributed by atoms with E-state index in [9.17, 15) is 22.8 Å². The van der Waals surface area contributed by atoms with Crippen LogP contribution in [0.5, 0.6) is 0 Å². The number of amides is 4. The minimum atomic E-state index is -3.87. The number of hydrogen-bond donors (Lipinski definition) is 1. The molecule has 4 rings (SSSR count). The Hall–Kier alpha value is -3.77. The van der Waals surface area contributed by atoms with Crippen LogP contribution in [-0.4, -0.2) is 85.7 Å². The van der Waals surface area contributed by atoms with Crippen LogP contribution in [-0.2, 0) is 25.1 Å². The second-order valence-corrected chi connectivity index (χ2v) is 11.0. The SMILES string of the molecule is CCCN(C(=O)c1nc2ccccc2o1)C(=O)C(CS(=O)(=O)Cc1ccccc1)NC(=O)N1CCOCC1. The number of aromatic nitrogens is 1. The van der Waals surface area contributed by atoms with E-state index in [-0.39, 0.29) is 18.2 Å². The van der Waals surface area contributed by atoms with Crippen molar-refractivity contribution in [1.29, 1.82) is 0 Å². The van der Waals surface area contributed by atoms with Gasteiger partial charge < -0.3 is 19.4 Å². The van der Waals surface area contributed by atoms with Gasteiger partial charge in [-0.3, -0.25) is 14.5 Å². The van der Waals surface area contributed by atoms with E-state index < -0.39 is 39.5 Å². The number of nitrogens with zero attached hydrogens (tertiary/aromatic N) is 3. The molecule has 0 bridgehead atoms. The van der Waals surface area contributed by atoms with Crippen molar-refractivity contribution in [1.82, 2.24) is 20.1 Å². The molecule has 2 heterocycles. The summed E-state index contributed by atoms with van der Waals surface area (Å²) in [6.45, 7) is 3.01. The largest absolute Gasteiger partial charge is 0.432 e. The molecule has 1 unspecified atom stereocenters. The first-order valence-electron chi connectivity index (χ1n) is 12.4. The lowest BCUT2D eigenvalue weighted by Crippen LogP contribution is -2.57. The quantitative estimate of drug-likeness (QED) is 0.434. The minimum absolute atomic E-state index is 0.0148. The summed E-state index contributed by atoms with van der Waals surface area (Å²) in [5.74, 6) is -2.95. The third-order valence-corrected chi connectivity index (χ3v) is 7.59. The van der Waals surface area contributed by atoms with Gasteiger partial charge in [-0.15, -0.1) is 0 Å². The standard InChI is InChI=1S/C26H30N4O7S/c1-2-12-30(25(32)23-27-20-10-6-7-11-22(20)37-23)24(31)21(28-26(33)29-13-15-36-16-14-29)18-38(34,35)17-19-8-4-3-5-9-19/h3-11,21H,2,12-18H2,1H3,(H,28,33). The van der Waals surface area contributed by atoms with Crippen molar-refractivity contribution in [3.05, 3.63) is 66.1 Å². The van der Waals surface area contributed by atoms with Crippen LogP contribution in [0.3, 0.4) is 0 Å². The summed E-state index contributed by atoms with van der Waals surface area (Å²) in [4.78, 5) is 46.6. The van der Waals surface area contributed by atoms with E-state index in [4.69, 9.17) is 9.15 Å². The highest BCUT2D eigenvalue weighted by atomic mass is 32.2. The van der Waals surface area contributed by atoms with E-state index >= 15 is 0 Å². The average Bonchev–Trinajstić information content (AvgIpc) is 3.36. The number of ether oxygens (including phenoxy) is 1. The van der Waals surface area contributed by atoms with Crippen LogP contribution < -0.4 is 5.32 Å². The number of rotatable bonds is 9. The lowest BCUT2D eigenvalue weighted by Gasteiger charge is -2.30. The van der Waals surface area contributed by atoms with Crippen molar-refractivity contribution in [3.63, 3.8) is 0 Å². The van der Waals surface area contributed by atoms with E-state index in [0.29, 0.717) is 49.4 Å². The van der Waals surface area contributed by atoms with Crippen LogP contribution in [0.4, 0.5) is 4.79 Å². The van der Waals surface area contributed by atoms with Crippen LogP contribution in [0.1, 0.15) is 29.6 Å². The van der Waals surface area contributed by atoms with Gasteiger partial charge in [-0.05, 0) is 24.1 Å². The molecule has 1 aliphatic rings. The zero-order valence-corrected chi connectivity index (χ0v) is 21.9. The van der Waals surface area contributed by atoms with Gasteiger partial charge in [-0.25, -0.2) is 18.2 Å². The molecule has 2 aromatic carbocycles. The number of carbonyl (C=O) groups is 3. The number of hydrogen-bond acceptors (Lipinski definition) is 8. The molecule has 202 valence electrons. The Kier molecular flexibility index (Phi) is 8.74. The number of imide groups is 1. The van der Waals surface area contributed by atoms with E-state index in [1.54, 1.807) is 61.5 Å². The van der Waals surface area contributed by atoms with Gasteiger partial charge in [0.2, 0.25) is 0 Å². The van der Waals surface area contributed by atoms with Gasteiger partial charge in [0.25, 0.3) is 11.8 Å². The summed E-state index contributed by atoms with van der Waals surface area (Å²) in [6.07, 6.45) is 0.401. The molecule has 3 aromatic rings. The number of fused-ring (bicyclic) bond motifs is 1. The first-order chi connectivity index (χ1) is 18.3. The van der Waals surface area contributed by atoms with E-state index in [0.717, 1.165) is 4.90 Å². The maximum absolute atomic E-state index is 13.7. The Labute approximate surface area is 220 Å². The monoisotopic (exact) mass is 542 g/mol. The number of nitrogens with one attached hydrogen (secondary N) is 1. The van der Waals surface area contributed by atoms with Crippen LogP contribution in [0.25, 0.3) is 11.1 Å². The van der Waals surface area contributed by atoms with Crippen molar-refractivity contribution in [2.24, 2.45) is 0 Å². The third-order valence-electron chi connectivity index (χ3n) is 5.98. The molecule has 0 aliphatic carbocycles. The molecule has 1 fully saturated rings. The highest BCUT2D eigenvalue weighted by Gasteiger charge is 2.36. The molecule has 0 spiro atoms. The second-order valence-electron chi connectivity index (χ2n) is 8.92. The number of sulfone groups is 1. The van der Waals surface area contributed by atoms with Crippen molar-refractivity contribution in [3.8, 4) is 0 Å². The summed E-state index contributed by atoms with van der Waals surface area (Å²) in [5, 5.41) is 2.56. The van der Waals surface area contributed by atoms with E-state index in [1.165, 1.54) is 4.90 Å². The Morgan fingerprint density at radius 3 is 2.42 bits per heavy atom. The number of morpholine rings is 1. The van der Waals surface area contributed by atoms with Gasteiger partial charge in [-0.2, -0.15) is 0 Å². The van der Waals surface area contributed by atoms with Crippen LogP contribution in [0.15, 0.2) is 59.0 Å². The molecule has 0 saturated carbocycles. The number of carbonyl (C=O) groups excluding carboxylic acids is 3. The number of benzene rings is 2. The number of para-hydroxylation sites is 2. The Morgan fingerprint density at radius 2 is 1.74 bits per heavy atom. The van der Waals surface area contributed by atoms with Crippen molar-refractivity contribution in [2.75, 3.05) is 38.6 Å². The van der Waals surface area contributed by atoms with Gasteiger partial charge in [0.05, 0.1) is 24.7 Å². The van der Waals surface area contributed by atoms with Gasteiger partial charge >= 0.3 is 11.9 Å². The molecule has 11 nitrogen and oxygen atoms in total. The normalized spacial score (nSPS) is 14.7. The molecule has 4 amide bonds. The fourth-order valence-corrected chi connectivity index (χ4v) is 5.68. The smallest absolute Gasteiger partial charge is 0.318 e. The van der Waals surface area contributed by atoms with Crippen LogP contribution >= 0.6 is 0 Å². The Balaban J connectivity index is 1.60. The fraction of sp³-hybridized carbons (Fsp3) is 0.385. The minimum Gasteiger partial charge on any atom is -0.432 e. The summed E-state index contributed by atoms with van der Waals surface area (Å²) in [7, 11) is -3.87. The highest BCUT2D eigenvalue weighted by molar-refractivity contribution is 7.90. The zero-order valence-electron chi connectivity index (χ0n) is 21.0. The van der Waals surface area contributed by atoms with Crippen LogP contribution in [0, 0.1) is 0 Å². The second kappa shape index (κ2) is 12.2. The van der Waals surface area contributed by atoms with E-state index in [2.05, 4.69) is 10.3 Å². The maximum atomic E-state index is 13.7. The third kappa shape index (κ3) is 6.75. The molecular weight excluding hydrogens is 512 g/mol. The Bertz CT molecular complexity index is 1350. The van der Waals surface area contributed by atoms with Crippen LogP contribution in [0.2, 0.25) is 0 Å². The molecule has 0 radical (unpaired) electrons. The summed E-state index contributed by atoms with van der Waals surface area (Å²) in [6, 6.07) is 13.2. The predicted octanol–water partition coefficient (Wildman–Crippen LogP) is 2.23. The molecule has 1 aromatic heterocycles. The number of oxazole rings is 1. The molecule has 38 heavy (non-hydrogen) atoms. The summed E-state index contributed by atoms with van der Waals surface area (Å²) < 4.78 is 37.1. The van der Waals surface area contributed by atoms with Gasteiger partial charge in [0, 0.05) is 19.6 Å². The van der Waals surface area contributed by atoms with Crippen molar-refractivity contribution >= 4 is 38.8 Å². The van der Waals surface area contributed by atoms with E-state index in [1.807, 2.05) is 0 Å². The summed E-state index contributed by atoms with van der Waals surface area (Å²) in [5.41, 5.74) is 1.37. The Morgan fingerprint density at radius 1 is 1.05 bits per heavy atom. The summed E-state index contributed by atoms with van der Waals surface area (Å²) >= 11 is 0. The van der Waals surface area contributed by atoms with Gasteiger partial charge in [0.1, 0.15) is 11.6 Å². The topological polar surface area (TPSA) is 139 Å². The fourth-order valence-electron chi connectivity index (χ4n) is 4.13. The first kappa shape index (κ1) is 27.3. The number of urea groups is 1. The van der Waals surface area contributed by atoms with Crippen molar-refractivity contribution < 1.29 is 32.0 Å². The molecule has 1 atom stereocenters. The lowest BCUT2D eigenvalue weighted by molar-refractivity contribution is -0.130. The van der Waals surface area contributed by atoms with Gasteiger partial charge in [0.15, 0.2) is 15.4 Å². The molecular formula is C26H30N4O7S. The first-order valence-corrected chi connectivity index (χ1v) is 14.2. The molecule has 1 saturated heterocycles. The maximum Gasteiger partial charge on any atom is 0.318 e. The highest BCUT2D eigenvalue weighted by Crippen LogP contribution is 2.18.